The lowest BCUT2D eigenvalue weighted by Crippen LogP contribution is -2.63. The van der Waals surface area contributed by atoms with Gasteiger partial charge < -0.3 is 10.2 Å². The molecule has 4 nitrogen and oxygen atoms in total. The zero-order valence-electron chi connectivity index (χ0n) is 9.13. The van der Waals surface area contributed by atoms with Crippen LogP contribution in [0.25, 0.3) is 0 Å². The number of amides is 2. The Balaban J connectivity index is 2.80. The second kappa shape index (κ2) is 4.23. The van der Waals surface area contributed by atoms with Crippen LogP contribution in [0.15, 0.2) is 11.1 Å². The Bertz CT molecular complexity index is 323. The first-order chi connectivity index (χ1) is 6.86. The molecule has 1 aliphatic heterocycles. The molecule has 1 N–H and O–H groups in total. The van der Waals surface area contributed by atoms with Crippen molar-refractivity contribution in [3.05, 3.63) is 11.1 Å². The van der Waals surface area contributed by atoms with Gasteiger partial charge in [0.2, 0.25) is 11.8 Å². The minimum absolute atomic E-state index is 0.0834. The molecule has 0 unspecified atom stereocenters. The molecule has 15 heavy (non-hydrogen) atoms. The molecule has 0 saturated carbocycles. The molecule has 84 valence electrons. The highest BCUT2D eigenvalue weighted by Crippen LogP contribution is 2.14. The predicted molar refractivity (Wildman–Crippen MR) is 58.4 cm³/mol. The van der Waals surface area contributed by atoms with Crippen molar-refractivity contribution in [1.82, 2.24) is 10.2 Å². The fourth-order valence-corrected chi connectivity index (χ4v) is 1.61. The Morgan fingerprint density at radius 3 is 2.73 bits per heavy atom. The summed E-state index contributed by atoms with van der Waals surface area (Å²) in [5, 5.41) is 2.64. The maximum atomic E-state index is 11.9. The highest BCUT2D eigenvalue weighted by molar-refractivity contribution is 6.25. The number of halogens is 1. The molecule has 1 aliphatic rings. The quantitative estimate of drug-likeness (QED) is 0.765. The standard InChI is InChI=1S/C10H15ClN2O2/c1-7(4-11)5-13-6-8(14)12-10(2,3)9(13)15/h4H,5-6H2,1-3H3,(H,12,14). The molecule has 0 spiro atoms. The summed E-state index contributed by atoms with van der Waals surface area (Å²) in [5.41, 5.74) is 1.46. The van der Waals surface area contributed by atoms with E-state index >= 15 is 0 Å². The van der Waals surface area contributed by atoms with Gasteiger partial charge in [0.1, 0.15) is 5.54 Å². The first kappa shape index (κ1) is 12.0. The van der Waals surface area contributed by atoms with E-state index in [0.29, 0.717) is 6.54 Å². The minimum atomic E-state index is -0.818. The molecular formula is C10H15ClN2O2. The van der Waals surface area contributed by atoms with Crippen LogP contribution in [0.2, 0.25) is 0 Å². The summed E-state index contributed by atoms with van der Waals surface area (Å²) in [7, 11) is 0. The van der Waals surface area contributed by atoms with Gasteiger partial charge in [-0.05, 0) is 26.3 Å². The van der Waals surface area contributed by atoms with Crippen LogP contribution in [0.4, 0.5) is 0 Å². The van der Waals surface area contributed by atoms with Gasteiger partial charge in [0.15, 0.2) is 0 Å². The number of rotatable bonds is 2. The average molecular weight is 231 g/mol. The van der Waals surface area contributed by atoms with E-state index in [2.05, 4.69) is 5.32 Å². The average Bonchev–Trinajstić information content (AvgIpc) is 2.12. The van der Waals surface area contributed by atoms with Crippen LogP contribution >= 0.6 is 11.6 Å². The molecular weight excluding hydrogens is 216 g/mol. The zero-order chi connectivity index (χ0) is 11.6. The SMILES string of the molecule is CC(=CCl)CN1CC(=O)NC(C)(C)C1=O. The van der Waals surface area contributed by atoms with Crippen molar-refractivity contribution in [2.24, 2.45) is 0 Å². The summed E-state index contributed by atoms with van der Waals surface area (Å²) < 4.78 is 0. The van der Waals surface area contributed by atoms with E-state index in [-0.39, 0.29) is 18.4 Å². The van der Waals surface area contributed by atoms with Crippen molar-refractivity contribution < 1.29 is 9.59 Å². The van der Waals surface area contributed by atoms with Crippen molar-refractivity contribution >= 4 is 23.4 Å². The summed E-state index contributed by atoms with van der Waals surface area (Å²) in [4.78, 5) is 24.7. The predicted octanol–water partition coefficient (Wildman–Crippen LogP) is 0.866. The molecule has 1 fully saturated rings. The van der Waals surface area contributed by atoms with Crippen LogP contribution in [-0.2, 0) is 9.59 Å². The summed E-state index contributed by atoms with van der Waals surface area (Å²) in [6.45, 7) is 5.71. The smallest absolute Gasteiger partial charge is 0.248 e. The van der Waals surface area contributed by atoms with Gasteiger partial charge >= 0.3 is 0 Å². The number of hydrogen-bond donors (Lipinski definition) is 1. The summed E-state index contributed by atoms with van der Waals surface area (Å²) >= 11 is 5.53. The summed E-state index contributed by atoms with van der Waals surface area (Å²) in [6, 6.07) is 0. The maximum absolute atomic E-state index is 11.9. The fourth-order valence-electron chi connectivity index (χ4n) is 1.55. The lowest BCUT2D eigenvalue weighted by molar-refractivity contribution is -0.147. The molecule has 0 radical (unpaired) electrons. The molecule has 5 heteroatoms. The summed E-state index contributed by atoms with van der Waals surface area (Å²) in [6.07, 6.45) is 0. The third-order valence-electron chi connectivity index (χ3n) is 2.23. The normalized spacial score (nSPS) is 21.6. The van der Waals surface area contributed by atoms with Crippen molar-refractivity contribution in [2.75, 3.05) is 13.1 Å². The molecule has 1 saturated heterocycles. The van der Waals surface area contributed by atoms with Gasteiger partial charge in [-0.25, -0.2) is 0 Å². The molecule has 0 aromatic carbocycles. The third-order valence-corrected chi connectivity index (χ3v) is 2.61. The Kier molecular flexibility index (Phi) is 3.39. The van der Waals surface area contributed by atoms with E-state index in [1.54, 1.807) is 13.8 Å². The van der Waals surface area contributed by atoms with Gasteiger partial charge in [-0.2, -0.15) is 0 Å². The third kappa shape index (κ3) is 2.72. The zero-order valence-corrected chi connectivity index (χ0v) is 9.89. The van der Waals surface area contributed by atoms with E-state index in [4.69, 9.17) is 11.6 Å². The Labute approximate surface area is 94.3 Å². The van der Waals surface area contributed by atoms with Crippen LogP contribution in [-0.4, -0.2) is 35.3 Å². The number of nitrogens with one attached hydrogen (secondary N) is 1. The summed E-state index contributed by atoms with van der Waals surface area (Å²) in [5.74, 6) is -0.220. The number of carbonyl (C=O) groups excluding carboxylic acids is 2. The van der Waals surface area contributed by atoms with Gasteiger partial charge in [-0.1, -0.05) is 11.6 Å². The van der Waals surface area contributed by atoms with E-state index in [1.165, 1.54) is 10.4 Å². The van der Waals surface area contributed by atoms with E-state index in [1.807, 2.05) is 6.92 Å². The molecule has 0 atom stereocenters. The number of piperazine rings is 1. The lowest BCUT2D eigenvalue weighted by Gasteiger charge is -2.37. The van der Waals surface area contributed by atoms with E-state index < -0.39 is 5.54 Å². The first-order valence-electron chi connectivity index (χ1n) is 4.73. The second-order valence-electron chi connectivity index (χ2n) is 4.29. The van der Waals surface area contributed by atoms with Crippen LogP contribution in [0, 0.1) is 0 Å². The monoisotopic (exact) mass is 230 g/mol. The molecule has 0 aliphatic carbocycles. The Morgan fingerprint density at radius 1 is 1.60 bits per heavy atom. The van der Waals surface area contributed by atoms with Gasteiger partial charge in [0.05, 0.1) is 6.54 Å². The molecule has 0 bridgehead atoms. The number of carbonyl (C=O) groups is 2. The molecule has 0 aromatic heterocycles. The van der Waals surface area contributed by atoms with Crippen molar-refractivity contribution in [3.63, 3.8) is 0 Å². The van der Waals surface area contributed by atoms with Gasteiger partial charge in [-0.15, -0.1) is 0 Å². The highest BCUT2D eigenvalue weighted by Gasteiger charge is 2.38. The number of nitrogens with zero attached hydrogens (tertiary/aromatic N) is 1. The largest absolute Gasteiger partial charge is 0.341 e. The molecule has 1 heterocycles. The Hall–Kier alpha value is -1.03. The van der Waals surface area contributed by atoms with E-state index in [0.717, 1.165) is 5.57 Å². The minimum Gasteiger partial charge on any atom is -0.341 e. The molecule has 0 aromatic rings. The molecule has 2 amide bonds. The van der Waals surface area contributed by atoms with Gasteiger partial charge in [-0.3, -0.25) is 9.59 Å². The van der Waals surface area contributed by atoms with Crippen LogP contribution in [0.5, 0.6) is 0 Å². The topological polar surface area (TPSA) is 49.4 Å². The van der Waals surface area contributed by atoms with Gasteiger partial charge in [0, 0.05) is 12.1 Å². The van der Waals surface area contributed by atoms with Crippen LogP contribution in [0.3, 0.4) is 0 Å². The van der Waals surface area contributed by atoms with Crippen LogP contribution < -0.4 is 5.32 Å². The van der Waals surface area contributed by atoms with Crippen molar-refractivity contribution in [3.8, 4) is 0 Å². The van der Waals surface area contributed by atoms with Gasteiger partial charge in [0.25, 0.3) is 0 Å². The van der Waals surface area contributed by atoms with Crippen molar-refractivity contribution in [1.29, 1.82) is 0 Å². The maximum Gasteiger partial charge on any atom is 0.248 e. The van der Waals surface area contributed by atoms with Crippen molar-refractivity contribution in [2.45, 2.75) is 26.3 Å². The Morgan fingerprint density at radius 2 is 2.20 bits per heavy atom. The van der Waals surface area contributed by atoms with E-state index in [9.17, 15) is 9.59 Å². The highest BCUT2D eigenvalue weighted by atomic mass is 35.5. The first-order valence-corrected chi connectivity index (χ1v) is 5.16. The lowest BCUT2D eigenvalue weighted by atomic mass is 10.0. The molecule has 1 rings (SSSR count). The fraction of sp³-hybridized carbons (Fsp3) is 0.600. The number of hydrogen-bond acceptors (Lipinski definition) is 2. The van der Waals surface area contributed by atoms with Crippen LogP contribution in [0.1, 0.15) is 20.8 Å². The second-order valence-corrected chi connectivity index (χ2v) is 4.51.